The largest absolute Gasteiger partial charge is 0.497 e. The molecule has 32 heavy (non-hydrogen) atoms. The predicted molar refractivity (Wildman–Crippen MR) is 127 cm³/mol. The van der Waals surface area contributed by atoms with E-state index in [0.29, 0.717) is 39.0 Å². The number of thioether (sulfide) groups is 1. The van der Waals surface area contributed by atoms with E-state index >= 15 is 0 Å². The smallest absolute Gasteiger partial charge is 0.262 e. The van der Waals surface area contributed by atoms with Crippen molar-refractivity contribution in [1.29, 1.82) is 0 Å². The minimum atomic E-state index is -0.117. The van der Waals surface area contributed by atoms with Crippen LogP contribution >= 0.6 is 23.1 Å². The first-order valence-electron chi connectivity index (χ1n) is 9.83. The normalized spacial score (nSPS) is 11.3. The lowest BCUT2D eigenvalue weighted by molar-refractivity contribution is 0.414. The molecule has 3 aromatic heterocycles. The highest BCUT2D eigenvalue weighted by atomic mass is 32.2. The number of nitrogens with zero attached hydrogens (tertiary/aromatic N) is 4. The summed E-state index contributed by atoms with van der Waals surface area (Å²) in [7, 11) is 1.62. The van der Waals surface area contributed by atoms with Gasteiger partial charge in [-0.2, -0.15) is 0 Å². The van der Waals surface area contributed by atoms with E-state index in [0.717, 1.165) is 11.3 Å². The Morgan fingerprint density at radius 1 is 1.06 bits per heavy atom. The summed E-state index contributed by atoms with van der Waals surface area (Å²) in [6.45, 7) is 0.378. The molecule has 0 saturated carbocycles. The SMILES string of the molecule is COc1ccc(Cn2c(SCc3cc(=O)n4ccsc4n3)nc3ccccc3c2=O)cc1. The number of aromatic nitrogens is 4. The number of ether oxygens (including phenoxy) is 1. The zero-order chi connectivity index (χ0) is 22.1. The number of rotatable bonds is 6. The van der Waals surface area contributed by atoms with Gasteiger partial charge in [-0.15, -0.1) is 11.3 Å². The molecular formula is C23H18N4O3S2. The van der Waals surface area contributed by atoms with Crippen LogP contribution in [-0.2, 0) is 12.3 Å². The highest BCUT2D eigenvalue weighted by Gasteiger charge is 2.13. The maximum atomic E-state index is 13.3. The van der Waals surface area contributed by atoms with Gasteiger partial charge in [-0.05, 0) is 29.8 Å². The molecule has 0 aliphatic heterocycles. The highest BCUT2D eigenvalue weighted by Crippen LogP contribution is 2.23. The highest BCUT2D eigenvalue weighted by molar-refractivity contribution is 7.98. The van der Waals surface area contributed by atoms with Crippen LogP contribution in [0.2, 0.25) is 0 Å². The molecule has 3 heterocycles. The number of hydrogen-bond donors (Lipinski definition) is 0. The molecule has 0 unspecified atom stereocenters. The Kier molecular flexibility index (Phi) is 5.50. The topological polar surface area (TPSA) is 78.5 Å². The average molecular weight is 463 g/mol. The zero-order valence-electron chi connectivity index (χ0n) is 17.1. The quantitative estimate of drug-likeness (QED) is 0.282. The average Bonchev–Trinajstić information content (AvgIpc) is 3.30. The maximum absolute atomic E-state index is 13.3. The summed E-state index contributed by atoms with van der Waals surface area (Å²) in [6.07, 6.45) is 1.71. The van der Waals surface area contributed by atoms with Gasteiger partial charge < -0.3 is 4.74 Å². The molecule has 0 amide bonds. The summed E-state index contributed by atoms with van der Waals surface area (Å²) in [5, 5.41) is 2.98. The van der Waals surface area contributed by atoms with Gasteiger partial charge in [0.05, 0.1) is 30.3 Å². The Morgan fingerprint density at radius 2 is 1.88 bits per heavy atom. The van der Waals surface area contributed by atoms with Crippen LogP contribution < -0.4 is 15.9 Å². The van der Waals surface area contributed by atoms with E-state index in [1.165, 1.54) is 33.6 Å². The van der Waals surface area contributed by atoms with Crippen LogP contribution in [-0.4, -0.2) is 26.0 Å². The van der Waals surface area contributed by atoms with Crippen LogP contribution in [0.5, 0.6) is 5.75 Å². The second-order valence-electron chi connectivity index (χ2n) is 7.08. The lowest BCUT2D eigenvalue weighted by Crippen LogP contribution is -2.24. The molecule has 9 heteroatoms. The minimum absolute atomic E-state index is 0.101. The Morgan fingerprint density at radius 3 is 2.69 bits per heavy atom. The number of fused-ring (bicyclic) bond motifs is 2. The molecule has 0 aliphatic rings. The van der Waals surface area contributed by atoms with Crippen LogP contribution in [0.1, 0.15) is 11.3 Å². The number of methoxy groups -OCH3 is 1. The molecule has 0 atom stereocenters. The molecular weight excluding hydrogens is 444 g/mol. The van der Waals surface area contributed by atoms with Gasteiger partial charge >= 0.3 is 0 Å². The van der Waals surface area contributed by atoms with Crippen LogP contribution in [0.25, 0.3) is 15.9 Å². The molecule has 0 aliphatic carbocycles. The Balaban J connectivity index is 1.53. The molecule has 2 aromatic carbocycles. The van der Waals surface area contributed by atoms with Crippen molar-refractivity contribution in [1.82, 2.24) is 18.9 Å². The monoisotopic (exact) mass is 462 g/mol. The Bertz CT molecular complexity index is 1540. The van der Waals surface area contributed by atoms with Crippen molar-refractivity contribution in [3.05, 3.63) is 98.1 Å². The van der Waals surface area contributed by atoms with Crippen LogP contribution in [0.15, 0.2) is 80.9 Å². The van der Waals surface area contributed by atoms with E-state index in [1.807, 2.05) is 47.8 Å². The van der Waals surface area contributed by atoms with Crippen molar-refractivity contribution in [2.75, 3.05) is 7.11 Å². The lowest BCUT2D eigenvalue weighted by Gasteiger charge is -2.13. The van der Waals surface area contributed by atoms with Crippen LogP contribution in [0, 0.1) is 0 Å². The van der Waals surface area contributed by atoms with E-state index in [1.54, 1.807) is 23.9 Å². The molecule has 0 spiro atoms. The van der Waals surface area contributed by atoms with E-state index in [2.05, 4.69) is 4.98 Å². The molecule has 160 valence electrons. The van der Waals surface area contributed by atoms with Gasteiger partial charge in [-0.1, -0.05) is 36.0 Å². The van der Waals surface area contributed by atoms with Gasteiger partial charge in [0.2, 0.25) is 0 Å². The summed E-state index contributed by atoms with van der Waals surface area (Å²) in [6, 6.07) is 16.5. The Labute approximate surface area is 191 Å². The maximum Gasteiger partial charge on any atom is 0.262 e. The molecule has 5 rings (SSSR count). The van der Waals surface area contributed by atoms with Gasteiger partial charge in [-0.3, -0.25) is 18.6 Å². The summed E-state index contributed by atoms with van der Waals surface area (Å²) in [5.41, 5.74) is 2.04. The number of benzene rings is 2. The first-order chi connectivity index (χ1) is 15.6. The Hall–Kier alpha value is -3.43. The summed E-state index contributed by atoms with van der Waals surface area (Å²) < 4.78 is 8.42. The molecule has 0 bridgehead atoms. The standard InChI is InChI=1S/C23H18N4O3S2/c1-30-17-8-6-15(7-9-17)13-27-21(29)18-4-2-3-5-19(18)25-23(27)32-14-16-12-20(28)26-10-11-31-22(26)24-16/h2-12H,13-14H2,1H3. The first-order valence-corrected chi connectivity index (χ1v) is 11.7. The first kappa shape index (κ1) is 20.5. The van der Waals surface area contributed by atoms with Gasteiger partial charge in [-0.25, -0.2) is 9.97 Å². The van der Waals surface area contributed by atoms with E-state index in [-0.39, 0.29) is 11.1 Å². The van der Waals surface area contributed by atoms with Crippen molar-refractivity contribution in [2.45, 2.75) is 17.5 Å². The van der Waals surface area contributed by atoms with Crippen molar-refractivity contribution >= 4 is 39.0 Å². The lowest BCUT2D eigenvalue weighted by atomic mass is 10.2. The molecule has 5 aromatic rings. The van der Waals surface area contributed by atoms with E-state index in [4.69, 9.17) is 9.72 Å². The third-order valence-corrected chi connectivity index (χ3v) is 6.80. The second-order valence-corrected chi connectivity index (χ2v) is 8.90. The van der Waals surface area contributed by atoms with Crippen molar-refractivity contribution in [2.24, 2.45) is 0 Å². The number of hydrogen-bond acceptors (Lipinski definition) is 7. The number of para-hydroxylation sites is 1. The van der Waals surface area contributed by atoms with Crippen LogP contribution in [0.3, 0.4) is 0 Å². The van der Waals surface area contributed by atoms with E-state index in [9.17, 15) is 9.59 Å². The molecule has 0 N–H and O–H groups in total. The fourth-order valence-corrected chi connectivity index (χ4v) is 5.04. The van der Waals surface area contributed by atoms with Crippen molar-refractivity contribution in [3.63, 3.8) is 0 Å². The van der Waals surface area contributed by atoms with Gasteiger partial charge in [0, 0.05) is 23.4 Å². The predicted octanol–water partition coefficient (Wildman–Crippen LogP) is 3.82. The van der Waals surface area contributed by atoms with Crippen LogP contribution in [0.4, 0.5) is 0 Å². The summed E-state index contributed by atoms with van der Waals surface area (Å²) in [5.74, 6) is 1.19. The van der Waals surface area contributed by atoms with Gasteiger partial charge in [0.25, 0.3) is 11.1 Å². The third-order valence-electron chi connectivity index (χ3n) is 5.03. The van der Waals surface area contributed by atoms with Gasteiger partial charge in [0.1, 0.15) is 5.75 Å². The fourth-order valence-electron chi connectivity index (χ4n) is 3.41. The summed E-state index contributed by atoms with van der Waals surface area (Å²) >= 11 is 2.81. The molecule has 7 nitrogen and oxygen atoms in total. The fraction of sp³-hybridized carbons (Fsp3) is 0.130. The second kappa shape index (κ2) is 8.60. The summed E-state index contributed by atoms with van der Waals surface area (Å²) in [4.78, 5) is 35.6. The minimum Gasteiger partial charge on any atom is -0.497 e. The van der Waals surface area contributed by atoms with Crippen molar-refractivity contribution < 1.29 is 4.74 Å². The third kappa shape index (κ3) is 3.92. The zero-order valence-corrected chi connectivity index (χ0v) is 18.7. The molecule has 0 saturated heterocycles. The molecule has 0 radical (unpaired) electrons. The van der Waals surface area contributed by atoms with Gasteiger partial charge in [0.15, 0.2) is 10.1 Å². The number of thiazole rings is 1. The van der Waals surface area contributed by atoms with Crippen molar-refractivity contribution in [3.8, 4) is 5.75 Å². The van der Waals surface area contributed by atoms with E-state index < -0.39 is 0 Å². The molecule has 0 fully saturated rings.